The van der Waals surface area contributed by atoms with Gasteiger partial charge in [0.05, 0.1) is 11.1 Å². The molecule has 0 amide bonds. The Labute approximate surface area is 115 Å². The zero-order valence-electron chi connectivity index (χ0n) is 10.3. The van der Waals surface area contributed by atoms with Crippen LogP contribution in [0.25, 0.3) is 0 Å². The van der Waals surface area contributed by atoms with Crippen molar-refractivity contribution >= 4 is 11.6 Å². The molecule has 0 saturated carbocycles. The largest absolute Gasteiger partial charge is 0.271 e. The predicted molar refractivity (Wildman–Crippen MR) is 71.7 cm³/mol. The van der Waals surface area contributed by atoms with Gasteiger partial charge in [-0.2, -0.15) is 0 Å². The summed E-state index contributed by atoms with van der Waals surface area (Å²) in [4.78, 5) is 0. The van der Waals surface area contributed by atoms with Crippen LogP contribution in [0.2, 0.25) is 5.02 Å². The maximum atomic E-state index is 13.4. The lowest BCUT2D eigenvalue weighted by atomic mass is 9.97. The summed E-state index contributed by atoms with van der Waals surface area (Å²) in [7, 11) is 0. The van der Waals surface area contributed by atoms with Gasteiger partial charge in [-0.3, -0.25) is 5.84 Å². The lowest BCUT2D eigenvalue weighted by Gasteiger charge is -2.18. The highest BCUT2D eigenvalue weighted by Gasteiger charge is 2.15. The van der Waals surface area contributed by atoms with E-state index in [2.05, 4.69) is 5.43 Å². The van der Waals surface area contributed by atoms with E-state index in [1.807, 2.05) is 6.07 Å². The van der Waals surface area contributed by atoms with Gasteiger partial charge in [-0.1, -0.05) is 23.7 Å². The highest BCUT2D eigenvalue weighted by Crippen LogP contribution is 2.26. The van der Waals surface area contributed by atoms with Crippen molar-refractivity contribution in [3.8, 4) is 0 Å². The zero-order chi connectivity index (χ0) is 14.0. The molecule has 100 valence electrons. The molecule has 0 heterocycles. The third kappa shape index (κ3) is 3.10. The molecule has 0 saturated heterocycles. The summed E-state index contributed by atoms with van der Waals surface area (Å²) in [6, 6.07) is 8.46. The van der Waals surface area contributed by atoms with Gasteiger partial charge < -0.3 is 0 Å². The van der Waals surface area contributed by atoms with Gasteiger partial charge in [0, 0.05) is 0 Å². The molecule has 2 aromatic rings. The number of hydrogen-bond donors (Lipinski definition) is 2. The number of halogens is 3. The van der Waals surface area contributed by atoms with Crippen LogP contribution in [-0.4, -0.2) is 0 Å². The third-order valence-corrected chi connectivity index (χ3v) is 3.13. The maximum Gasteiger partial charge on any atom is 0.141 e. The Hall–Kier alpha value is -1.49. The lowest BCUT2D eigenvalue weighted by Crippen LogP contribution is -2.29. The highest BCUT2D eigenvalue weighted by atomic mass is 35.5. The minimum Gasteiger partial charge on any atom is -0.271 e. The van der Waals surface area contributed by atoms with Gasteiger partial charge in [0.15, 0.2) is 0 Å². The van der Waals surface area contributed by atoms with Crippen molar-refractivity contribution in [1.29, 1.82) is 0 Å². The summed E-state index contributed by atoms with van der Waals surface area (Å²) in [6.45, 7) is 1.79. The summed E-state index contributed by atoms with van der Waals surface area (Å²) < 4.78 is 26.6. The normalized spacial score (nSPS) is 12.5. The van der Waals surface area contributed by atoms with Gasteiger partial charge in [0.1, 0.15) is 11.6 Å². The predicted octanol–water partition coefficient (Wildman–Crippen LogP) is 3.48. The Bertz CT molecular complexity index is 582. The van der Waals surface area contributed by atoms with Crippen LogP contribution in [-0.2, 0) is 0 Å². The summed E-state index contributed by atoms with van der Waals surface area (Å²) in [5.41, 5.74) is 4.69. The molecule has 0 spiro atoms. The number of hydrogen-bond acceptors (Lipinski definition) is 2. The Balaban J connectivity index is 2.46. The molecule has 0 aliphatic rings. The second-order valence-corrected chi connectivity index (χ2v) is 4.74. The van der Waals surface area contributed by atoms with Gasteiger partial charge in [0.25, 0.3) is 0 Å². The van der Waals surface area contributed by atoms with Crippen LogP contribution in [0.1, 0.15) is 22.7 Å². The van der Waals surface area contributed by atoms with E-state index in [4.69, 9.17) is 17.4 Å². The first-order valence-corrected chi connectivity index (χ1v) is 6.07. The smallest absolute Gasteiger partial charge is 0.141 e. The first-order valence-electron chi connectivity index (χ1n) is 5.69. The minimum absolute atomic E-state index is 0.00544. The van der Waals surface area contributed by atoms with Crippen LogP contribution in [0, 0.1) is 18.6 Å². The summed E-state index contributed by atoms with van der Waals surface area (Å²) in [5, 5.41) is 0.00544. The second kappa shape index (κ2) is 5.65. The number of nitrogens with one attached hydrogen (secondary N) is 1. The molecule has 0 aliphatic carbocycles. The van der Waals surface area contributed by atoms with Crippen LogP contribution >= 0.6 is 11.6 Å². The van der Waals surface area contributed by atoms with Crippen LogP contribution in [0.5, 0.6) is 0 Å². The van der Waals surface area contributed by atoms with E-state index in [9.17, 15) is 8.78 Å². The number of benzene rings is 2. The van der Waals surface area contributed by atoms with E-state index >= 15 is 0 Å². The van der Waals surface area contributed by atoms with Crippen molar-refractivity contribution in [2.24, 2.45) is 5.84 Å². The lowest BCUT2D eigenvalue weighted by molar-refractivity contribution is 0.600. The number of hydrazine groups is 1. The summed E-state index contributed by atoms with van der Waals surface area (Å²) in [5.74, 6) is 4.67. The van der Waals surface area contributed by atoms with Crippen molar-refractivity contribution in [2.75, 3.05) is 0 Å². The van der Waals surface area contributed by atoms with Crippen molar-refractivity contribution in [3.63, 3.8) is 0 Å². The molecule has 3 N–H and O–H groups in total. The van der Waals surface area contributed by atoms with Crippen LogP contribution in [0.3, 0.4) is 0 Å². The quantitative estimate of drug-likeness (QED) is 0.668. The molecule has 2 rings (SSSR count). The molecule has 2 nitrogen and oxygen atoms in total. The molecule has 2 aromatic carbocycles. The van der Waals surface area contributed by atoms with Crippen molar-refractivity contribution in [2.45, 2.75) is 13.0 Å². The Morgan fingerprint density at radius 2 is 1.84 bits per heavy atom. The van der Waals surface area contributed by atoms with Gasteiger partial charge in [-0.05, 0) is 47.9 Å². The topological polar surface area (TPSA) is 38.0 Å². The number of rotatable bonds is 3. The fraction of sp³-hybridized carbons (Fsp3) is 0.143. The average molecular weight is 283 g/mol. The average Bonchev–Trinajstić information content (AvgIpc) is 2.33. The molecular formula is C14H13ClF2N2. The minimum atomic E-state index is -0.503. The van der Waals surface area contributed by atoms with Gasteiger partial charge >= 0.3 is 0 Å². The van der Waals surface area contributed by atoms with Crippen LogP contribution in [0.4, 0.5) is 8.78 Å². The summed E-state index contributed by atoms with van der Waals surface area (Å²) in [6.07, 6.45) is 0. The molecule has 0 aliphatic heterocycles. The van der Waals surface area contributed by atoms with E-state index in [-0.39, 0.29) is 10.8 Å². The SMILES string of the molecule is Cc1cc(F)cc(C(NN)c2ccc(F)c(Cl)c2)c1. The molecule has 1 unspecified atom stereocenters. The molecular weight excluding hydrogens is 270 g/mol. The molecule has 1 atom stereocenters. The van der Waals surface area contributed by atoms with E-state index in [0.717, 1.165) is 5.56 Å². The first-order chi connectivity index (χ1) is 9.01. The van der Waals surface area contributed by atoms with Crippen molar-refractivity contribution < 1.29 is 8.78 Å². The molecule has 0 radical (unpaired) electrons. The second-order valence-electron chi connectivity index (χ2n) is 4.34. The van der Waals surface area contributed by atoms with Crippen molar-refractivity contribution in [1.82, 2.24) is 5.43 Å². The third-order valence-electron chi connectivity index (χ3n) is 2.84. The summed E-state index contributed by atoms with van der Waals surface area (Å²) >= 11 is 5.75. The van der Waals surface area contributed by atoms with E-state index in [1.54, 1.807) is 13.0 Å². The van der Waals surface area contributed by atoms with Crippen molar-refractivity contribution in [3.05, 3.63) is 69.7 Å². The Morgan fingerprint density at radius 3 is 2.42 bits per heavy atom. The number of nitrogens with two attached hydrogens (primary N) is 1. The molecule has 5 heteroatoms. The Kier molecular flexibility index (Phi) is 4.14. The highest BCUT2D eigenvalue weighted by molar-refractivity contribution is 6.30. The van der Waals surface area contributed by atoms with Gasteiger partial charge in [-0.15, -0.1) is 0 Å². The molecule has 0 bridgehead atoms. The maximum absolute atomic E-state index is 13.4. The monoisotopic (exact) mass is 282 g/mol. The van der Waals surface area contributed by atoms with Crippen LogP contribution < -0.4 is 11.3 Å². The number of aryl methyl sites for hydroxylation is 1. The van der Waals surface area contributed by atoms with E-state index in [1.165, 1.54) is 24.3 Å². The molecule has 19 heavy (non-hydrogen) atoms. The van der Waals surface area contributed by atoms with E-state index in [0.29, 0.717) is 11.1 Å². The van der Waals surface area contributed by atoms with Crippen LogP contribution in [0.15, 0.2) is 36.4 Å². The van der Waals surface area contributed by atoms with Gasteiger partial charge in [-0.25, -0.2) is 14.2 Å². The fourth-order valence-corrected chi connectivity index (χ4v) is 2.20. The fourth-order valence-electron chi connectivity index (χ4n) is 2.01. The molecule has 0 fully saturated rings. The van der Waals surface area contributed by atoms with E-state index < -0.39 is 11.9 Å². The molecule has 0 aromatic heterocycles. The first kappa shape index (κ1) is 13.9. The zero-order valence-corrected chi connectivity index (χ0v) is 11.0. The standard InChI is InChI=1S/C14H13ClF2N2/c1-8-4-10(6-11(16)5-8)14(19-18)9-2-3-13(17)12(15)7-9/h2-7,14,19H,18H2,1H3. The van der Waals surface area contributed by atoms with Gasteiger partial charge in [0.2, 0.25) is 0 Å². The Morgan fingerprint density at radius 1 is 1.11 bits per heavy atom.